The number of anilines is 1. The van der Waals surface area contributed by atoms with Crippen LogP contribution in [0.5, 0.6) is 0 Å². The summed E-state index contributed by atoms with van der Waals surface area (Å²) in [7, 11) is 0. The van der Waals surface area contributed by atoms with Crippen LogP contribution in [0.4, 0.5) is 5.13 Å². The Balaban J connectivity index is 2.18. The van der Waals surface area contributed by atoms with Gasteiger partial charge in [0.15, 0.2) is 10.9 Å². The van der Waals surface area contributed by atoms with Crippen LogP contribution in [0.2, 0.25) is 0 Å². The molecule has 0 unspecified atom stereocenters. The number of Topliss-reactive ketones (excluding diaryl/α,β-unsaturated/α-hetero) is 1. The number of unbranched alkanes of at least 4 members (excludes halogenated alkanes) is 5. The molecular weight excluding hydrogens is 260 g/mol. The molecule has 1 heterocycles. The molecule has 0 saturated carbocycles. The molecule has 19 heavy (non-hydrogen) atoms. The lowest BCUT2D eigenvalue weighted by Crippen LogP contribution is -2.11. The van der Waals surface area contributed by atoms with Crippen LogP contribution in [0.1, 0.15) is 69.3 Å². The quantitative estimate of drug-likeness (QED) is 0.549. The van der Waals surface area contributed by atoms with Crippen LogP contribution >= 0.6 is 11.3 Å². The Bertz CT molecular complexity index is 415. The molecule has 1 amide bonds. The van der Waals surface area contributed by atoms with E-state index >= 15 is 0 Å². The third-order valence-electron chi connectivity index (χ3n) is 2.87. The fourth-order valence-corrected chi connectivity index (χ4v) is 2.51. The largest absolute Gasteiger partial charge is 0.302 e. The highest BCUT2D eigenvalue weighted by Crippen LogP contribution is 2.16. The van der Waals surface area contributed by atoms with Crippen LogP contribution in [0.15, 0.2) is 5.38 Å². The summed E-state index contributed by atoms with van der Waals surface area (Å²) >= 11 is 1.29. The highest BCUT2D eigenvalue weighted by molar-refractivity contribution is 7.14. The number of nitrogens with one attached hydrogen (secondary N) is 1. The summed E-state index contributed by atoms with van der Waals surface area (Å²) in [5.41, 5.74) is 0.417. The molecule has 0 saturated heterocycles. The molecule has 1 rings (SSSR count). The molecule has 0 aliphatic heterocycles. The zero-order chi connectivity index (χ0) is 14.1. The minimum atomic E-state index is -0.0762. The fraction of sp³-hybridized carbons (Fsp3) is 0.643. The Morgan fingerprint density at radius 1 is 1.21 bits per heavy atom. The van der Waals surface area contributed by atoms with Gasteiger partial charge in [0, 0.05) is 18.7 Å². The van der Waals surface area contributed by atoms with Gasteiger partial charge in [0.05, 0.1) is 0 Å². The van der Waals surface area contributed by atoms with E-state index in [1.807, 2.05) is 0 Å². The topological polar surface area (TPSA) is 59.1 Å². The van der Waals surface area contributed by atoms with E-state index in [2.05, 4.69) is 17.2 Å². The average Bonchev–Trinajstić information content (AvgIpc) is 2.82. The van der Waals surface area contributed by atoms with Gasteiger partial charge >= 0.3 is 0 Å². The minimum absolute atomic E-state index is 0.0139. The summed E-state index contributed by atoms with van der Waals surface area (Å²) in [5.74, 6) is -0.0902. The van der Waals surface area contributed by atoms with Crippen molar-refractivity contribution in [2.24, 2.45) is 0 Å². The van der Waals surface area contributed by atoms with Gasteiger partial charge in [0.2, 0.25) is 5.91 Å². The zero-order valence-corrected chi connectivity index (χ0v) is 12.5. The van der Waals surface area contributed by atoms with Gasteiger partial charge in [-0.15, -0.1) is 11.3 Å². The molecule has 1 N–H and O–H groups in total. The monoisotopic (exact) mass is 282 g/mol. The van der Waals surface area contributed by atoms with Gasteiger partial charge in [-0.25, -0.2) is 4.98 Å². The van der Waals surface area contributed by atoms with Crippen LogP contribution in [-0.4, -0.2) is 16.7 Å². The van der Waals surface area contributed by atoms with Gasteiger partial charge < -0.3 is 5.32 Å². The fourth-order valence-electron chi connectivity index (χ4n) is 1.74. The lowest BCUT2D eigenvalue weighted by atomic mass is 10.1. The molecule has 4 nitrogen and oxygen atoms in total. The SMILES string of the molecule is CCCCCCCCC(=O)Nc1nc(C(C)=O)cs1. The Kier molecular flexibility index (Phi) is 7.33. The number of hydrogen-bond donors (Lipinski definition) is 1. The van der Waals surface area contributed by atoms with E-state index in [0.717, 1.165) is 12.8 Å². The van der Waals surface area contributed by atoms with Gasteiger partial charge in [-0.2, -0.15) is 0 Å². The van der Waals surface area contributed by atoms with Crippen molar-refractivity contribution in [2.45, 2.75) is 58.8 Å². The number of hydrogen-bond acceptors (Lipinski definition) is 4. The van der Waals surface area contributed by atoms with Crippen LogP contribution in [0.25, 0.3) is 0 Å². The van der Waals surface area contributed by atoms with Crippen molar-refractivity contribution in [1.29, 1.82) is 0 Å². The van der Waals surface area contributed by atoms with Crippen molar-refractivity contribution in [3.8, 4) is 0 Å². The molecule has 0 aliphatic carbocycles. The maximum Gasteiger partial charge on any atom is 0.226 e. The Morgan fingerprint density at radius 2 is 1.89 bits per heavy atom. The summed E-state index contributed by atoms with van der Waals surface area (Å²) in [6.45, 7) is 3.66. The molecule has 0 aromatic carbocycles. The van der Waals surface area contributed by atoms with Gasteiger partial charge in [0.25, 0.3) is 0 Å². The molecule has 0 spiro atoms. The Labute approximate surface area is 118 Å². The standard InChI is InChI=1S/C14H22N2O2S/c1-3-4-5-6-7-8-9-13(18)16-14-15-12(10-19-14)11(2)17/h10H,3-9H2,1-2H3,(H,15,16,18). The van der Waals surface area contributed by atoms with E-state index in [9.17, 15) is 9.59 Å². The van der Waals surface area contributed by atoms with E-state index in [1.54, 1.807) is 5.38 Å². The van der Waals surface area contributed by atoms with Crippen LogP contribution < -0.4 is 5.32 Å². The molecule has 106 valence electrons. The van der Waals surface area contributed by atoms with Crippen molar-refractivity contribution in [2.75, 3.05) is 5.32 Å². The van der Waals surface area contributed by atoms with Gasteiger partial charge in [-0.3, -0.25) is 9.59 Å². The van der Waals surface area contributed by atoms with E-state index < -0.39 is 0 Å². The first kappa shape index (κ1) is 15.8. The van der Waals surface area contributed by atoms with Crippen LogP contribution in [0.3, 0.4) is 0 Å². The smallest absolute Gasteiger partial charge is 0.226 e. The molecule has 1 aromatic heterocycles. The first-order valence-corrected chi connectivity index (χ1v) is 7.77. The maximum atomic E-state index is 11.7. The highest BCUT2D eigenvalue weighted by atomic mass is 32.1. The number of ketones is 1. The van der Waals surface area contributed by atoms with E-state index in [-0.39, 0.29) is 11.7 Å². The molecule has 0 fully saturated rings. The summed E-state index contributed by atoms with van der Waals surface area (Å²) in [5, 5.41) is 4.92. The van der Waals surface area contributed by atoms with Crippen molar-refractivity contribution >= 4 is 28.2 Å². The molecule has 0 aliphatic rings. The summed E-state index contributed by atoms with van der Waals surface area (Å²) < 4.78 is 0. The molecular formula is C14H22N2O2S. The number of rotatable bonds is 9. The predicted octanol–water partition coefficient (Wildman–Crippen LogP) is 4.03. The first-order chi connectivity index (χ1) is 9.13. The number of amides is 1. The van der Waals surface area contributed by atoms with E-state index in [0.29, 0.717) is 17.2 Å². The van der Waals surface area contributed by atoms with E-state index in [4.69, 9.17) is 0 Å². The van der Waals surface area contributed by atoms with Crippen LogP contribution in [0, 0.1) is 0 Å². The second kappa shape index (κ2) is 8.80. The van der Waals surface area contributed by atoms with Crippen molar-refractivity contribution in [1.82, 2.24) is 4.98 Å². The molecule has 0 radical (unpaired) electrons. The third-order valence-corrected chi connectivity index (χ3v) is 3.63. The highest BCUT2D eigenvalue weighted by Gasteiger charge is 2.08. The third kappa shape index (κ3) is 6.47. The molecule has 0 atom stereocenters. The summed E-state index contributed by atoms with van der Waals surface area (Å²) in [6.07, 6.45) is 7.52. The number of thiazole rings is 1. The summed E-state index contributed by atoms with van der Waals surface area (Å²) in [4.78, 5) is 26.8. The molecule has 1 aromatic rings. The zero-order valence-electron chi connectivity index (χ0n) is 11.7. The summed E-state index contributed by atoms with van der Waals surface area (Å²) in [6, 6.07) is 0. The number of carbonyl (C=O) groups excluding carboxylic acids is 2. The second-order valence-electron chi connectivity index (χ2n) is 4.66. The molecule has 5 heteroatoms. The second-order valence-corrected chi connectivity index (χ2v) is 5.52. The van der Waals surface area contributed by atoms with E-state index in [1.165, 1.54) is 43.9 Å². The predicted molar refractivity (Wildman–Crippen MR) is 78.7 cm³/mol. The van der Waals surface area contributed by atoms with Crippen LogP contribution in [-0.2, 0) is 4.79 Å². The first-order valence-electron chi connectivity index (χ1n) is 6.89. The lowest BCUT2D eigenvalue weighted by molar-refractivity contribution is -0.116. The van der Waals surface area contributed by atoms with Gasteiger partial charge in [-0.1, -0.05) is 39.0 Å². The van der Waals surface area contributed by atoms with Crippen molar-refractivity contribution in [3.05, 3.63) is 11.1 Å². The average molecular weight is 282 g/mol. The maximum absolute atomic E-state index is 11.7. The van der Waals surface area contributed by atoms with Gasteiger partial charge in [-0.05, 0) is 6.42 Å². The van der Waals surface area contributed by atoms with Crippen molar-refractivity contribution < 1.29 is 9.59 Å². The number of aromatic nitrogens is 1. The number of carbonyl (C=O) groups is 2. The number of nitrogens with zero attached hydrogens (tertiary/aromatic N) is 1. The molecule has 0 bridgehead atoms. The minimum Gasteiger partial charge on any atom is -0.302 e. The lowest BCUT2D eigenvalue weighted by Gasteiger charge is -2.02. The van der Waals surface area contributed by atoms with Gasteiger partial charge in [0.1, 0.15) is 5.69 Å². The Hall–Kier alpha value is -1.23. The Morgan fingerprint density at radius 3 is 2.53 bits per heavy atom. The normalized spacial score (nSPS) is 10.4. The van der Waals surface area contributed by atoms with Crippen molar-refractivity contribution in [3.63, 3.8) is 0 Å².